The molecule has 1 heterocycles. The molecule has 1 fully saturated rings. The zero-order valence-corrected chi connectivity index (χ0v) is 18.1. The highest BCUT2D eigenvalue weighted by Gasteiger charge is 2.25. The molecule has 1 aromatic carbocycles. The molecule has 0 spiro atoms. The van der Waals surface area contributed by atoms with Crippen LogP contribution in [0, 0.1) is 0 Å². The third kappa shape index (κ3) is 8.64. The fourth-order valence-electron chi connectivity index (χ4n) is 3.74. The first-order valence-electron chi connectivity index (χ1n) is 10.4. The number of nitrogens with zero attached hydrogens (tertiary/aromatic N) is 1. The number of aliphatic carboxylic acids is 1. The number of benzene rings is 1. The summed E-state index contributed by atoms with van der Waals surface area (Å²) in [5.74, 6) is -0.722. The van der Waals surface area contributed by atoms with Crippen LogP contribution in [0.15, 0.2) is 36.4 Å². The highest BCUT2D eigenvalue weighted by Crippen LogP contribution is 2.22. The normalized spacial score (nSPS) is 17.9. The Morgan fingerprint density at radius 2 is 2.07 bits per heavy atom. The Morgan fingerprint density at radius 3 is 2.83 bits per heavy atom. The van der Waals surface area contributed by atoms with Crippen molar-refractivity contribution in [3.8, 4) is 0 Å². The third-order valence-electron chi connectivity index (χ3n) is 5.22. The van der Waals surface area contributed by atoms with E-state index in [1.54, 1.807) is 7.11 Å². The summed E-state index contributed by atoms with van der Waals surface area (Å²) in [7, 11) is 1.68. The SMILES string of the molecule is COCc1cccc(C[C@H](O)/C=C/C2CCC(=S)N2CCCCCCC(=O)O)c1. The number of unbranched alkanes of at least 4 members (excludes halogenated alkanes) is 3. The number of carboxylic acid groups (broad SMARTS) is 1. The van der Waals surface area contributed by atoms with Gasteiger partial charge in [0.2, 0.25) is 0 Å². The quantitative estimate of drug-likeness (QED) is 0.285. The van der Waals surface area contributed by atoms with E-state index in [2.05, 4.69) is 17.0 Å². The lowest BCUT2D eigenvalue weighted by atomic mass is 10.0. The minimum atomic E-state index is -0.722. The fraction of sp³-hybridized carbons (Fsp3) is 0.565. The molecule has 29 heavy (non-hydrogen) atoms. The van der Waals surface area contributed by atoms with Gasteiger partial charge in [0, 0.05) is 39.0 Å². The van der Waals surface area contributed by atoms with Crippen molar-refractivity contribution in [2.24, 2.45) is 0 Å². The first-order chi connectivity index (χ1) is 14.0. The second kappa shape index (κ2) is 12.7. The van der Waals surface area contributed by atoms with Crippen LogP contribution >= 0.6 is 12.2 Å². The van der Waals surface area contributed by atoms with Gasteiger partial charge < -0.3 is 19.8 Å². The van der Waals surface area contributed by atoms with E-state index < -0.39 is 12.1 Å². The second-order valence-electron chi connectivity index (χ2n) is 7.66. The van der Waals surface area contributed by atoms with Gasteiger partial charge in [-0.1, -0.05) is 61.5 Å². The summed E-state index contributed by atoms with van der Waals surface area (Å²) in [5.41, 5.74) is 2.20. The average molecular weight is 420 g/mol. The van der Waals surface area contributed by atoms with Gasteiger partial charge in [0.05, 0.1) is 17.7 Å². The van der Waals surface area contributed by atoms with Gasteiger partial charge >= 0.3 is 5.97 Å². The summed E-state index contributed by atoms with van der Waals surface area (Å²) in [4.78, 5) is 13.8. The summed E-state index contributed by atoms with van der Waals surface area (Å²) in [6.45, 7) is 1.47. The van der Waals surface area contributed by atoms with Gasteiger partial charge in [-0.05, 0) is 30.4 Å². The van der Waals surface area contributed by atoms with Crippen molar-refractivity contribution in [2.45, 2.75) is 70.1 Å². The molecule has 2 rings (SSSR count). The van der Waals surface area contributed by atoms with Gasteiger partial charge in [-0.2, -0.15) is 0 Å². The molecule has 0 amide bonds. The van der Waals surface area contributed by atoms with Crippen molar-refractivity contribution in [3.05, 3.63) is 47.5 Å². The molecule has 0 radical (unpaired) electrons. The maximum absolute atomic E-state index is 10.6. The molecule has 1 aliphatic heterocycles. The lowest BCUT2D eigenvalue weighted by Crippen LogP contribution is -2.32. The van der Waals surface area contributed by atoms with Crippen molar-refractivity contribution in [1.29, 1.82) is 0 Å². The topological polar surface area (TPSA) is 70.0 Å². The second-order valence-corrected chi connectivity index (χ2v) is 8.13. The Bertz CT molecular complexity index is 691. The van der Waals surface area contributed by atoms with E-state index in [0.29, 0.717) is 13.0 Å². The van der Waals surface area contributed by atoms with E-state index in [9.17, 15) is 9.90 Å². The van der Waals surface area contributed by atoms with E-state index in [1.807, 2.05) is 24.3 Å². The highest BCUT2D eigenvalue weighted by molar-refractivity contribution is 7.80. The largest absolute Gasteiger partial charge is 0.481 e. The van der Waals surface area contributed by atoms with E-state index in [-0.39, 0.29) is 12.5 Å². The molecule has 160 valence electrons. The maximum atomic E-state index is 10.6. The molecule has 1 aliphatic rings. The number of carbonyl (C=O) groups is 1. The van der Waals surface area contributed by atoms with Gasteiger partial charge in [0.1, 0.15) is 0 Å². The summed E-state index contributed by atoms with van der Waals surface area (Å²) in [6.07, 6.45) is 9.89. The molecule has 1 unspecified atom stereocenters. The number of aliphatic hydroxyl groups is 1. The van der Waals surface area contributed by atoms with Gasteiger partial charge in [-0.3, -0.25) is 4.79 Å². The predicted octanol–water partition coefficient (Wildman–Crippen LogP) is 4.12. The van der Waals surface area contributed by atoms with E-state index in [0.717, 1.165) is 61.2 Å². The molecular weight excluding hydrogens is 386 g/mol. The number of carboxylic acids is 1. The number of ether oxygens (including phenoxy) is 1. The maximum Gasteiger partial charge on any atom is 0.303 e. The summed E-state index contributed by atoms with van der Waals surface area (Å²) in [5, 5.41) is 19.1. The molecule has 1 saturated heterocycles. The Kier molecular flexibility index (Phi) is 10.3. The Morgan fingerprint density at radius 1 is 1.31 bits per heavy atom. The number of hydrogen-bond donors (Lipinski definition) is 2. The monoisotopic (exact) mass is 419 g/mol. The average Bonchev–Trinajstić information content (AvgIpc) is 3.03. The molecule has 5 nitrogen and oxygen atoms in total. The van der Waals surface area contributed by atoms with Gasteiger partial charge in [0.25, 0.3) is 0 Å². The fourth-order valence-corrected chi connectivity index (χ4v) is 4.08. The molecule has 0 aromatic heterocycles. The van der Waals surface area contributed by atoms with Crippen LogP contribution < -0.4 is 0 Å². The van der Waals surface area contributed by atoms with Crippen LogP contribution in [-0.4, -0.2) is 51.9 Å². The zero-order valence-electron chi connectivity index (χ0n) is 17.3. The van der Waals surface area contributed by atoms with Crippen LogP contribution in [0.3, 0.4) is 0 Å². The number of methoxy groups -OCH3 is 1. The van der Waals surface area contributed by atoms with Crippen LogP contribution in [-0.2, 0) is 22.6 Å². The number of aliphatic hydroxyl groups excluding tert-OH is 1. The Balaban J connectivity index is 1.79. The Labute approximate surface area is 179 Å². The summed E-state index contributed by atoms with van der Waals surface area (Å²) >= 11 is 5.52. The van der Waals surface area contributed by atoms with Crippen LogP contribution in [0.1, 0.15) is 56.1 Å². The smallest absolute Gasteiger partial charge is 0.303 e. The molecule has 6 heteroatoms. The van der Waals surface area contributed by atoms with Crippen LogP contribution in [0.2, 0.25) is 0 Å². The van der Waals surface area contributed by atoms with Crippen molar-refractivity contribution >= 4 is 23.2 Å². The first kappa shape index (κ1) is 23.5. The van der Waals surface area contributed by atoms with Crippen molar-refractivity contribution < 1.29 is 19.7 Å². The molecule has 2 N–H and O–H groups in total. The van der Waals surface area contributed by atoms with Gasteiger partial charge in [0.15, 0.2) is 0 Å². The van der Waals surface area contributed by atoms with Gasteiger partial charge in [-0.15, -0.1) is 0 Å². The lowest BCUT2D eigenvalue weighted by molar-refractivity contribution is -0.137. The van der Waals surface area contributed by atoms with E-state index in [1.165, 1.54) is 0 Å². The molecular formula is C23H33NO4S. The van der Waals surface area contributed by atoms with Gasteiger partial charge in [-0.25, -0.2) is 0 Å². The number of hydrogen-bond acceptors (Lipinski definition) is 4. The predicted molar refractivity (Wildman–Crippen MR) is 119 cm³/mol. The molecule has 0 saturated carbocycles. The third-order valence-corrected chi connectivity index (χ3v) is 5.66. The number of thiocarbonyl (C=S) groups is 1. The highest BCUT2D eigenvalue weighted by atomic mass is 32.1. The minimum absolute atomic E-state index is 0.246. The zero-order chi connectivity index (χ0) is 21.1. The molecule has 2 atom stereocenters. The molecule has 1 aromatic rings. The minimum Gasteiger partial charge on any atom is -0.481 e. The standard InChI is InChI=1S/C23H33NO4S/c1-28-17-19-8-6-7-18(15-19)16-21(25)12-10-20-11-13-22(29)24(20)14-5-3-2-4-9-23(26)27/h6-8,10,12,15,20-21,25H,2-5,9,11,13-14,16-17H2,1H3,(H,26,27)/b12-10+/t20?,21-/m1/s1. The van der Waals surface area contributed by atoms with Crippen LogP contribution in [0.5, 0.6) is 0 Å². The molecule has 0 aliphatic carbocycles. The van der Waals surface area contributed by atoms with Crippen LogP contribution in [0.25, 0.3) is 0 Å². The van der Waals surface area contributed by atoms with Crippen molar-refractivity contribution in [2.75, 3.05) is 13.7 Å². The number of likely N-dealkylation sites (tertiary alicyclic amines) is 1. The van der Waals surface area contributed by atoms with Crippen molar-refractivity contribution in [3.63, 3.8) is 0 Å². The Hall–Kier alpha value is -1.76. The lowest BCUT2D eigenvalue weighted by Gasteiger charge is -2.24. The summed E-state index contributed by atoms with van der Waals surface area (Å²) in [6, 6.07) is 8.36. The van der Waals surface area contributed by atoms with Crippen molar-refractivity contribution in [1.82, 2.24) is 4.90 Å². The first-order valence-corrected chi connectivity index (χ1v) is 10.8. The van der Waals surface area contributed by atoms with E-state index in [4.69, 9.17) is 22.1 Å². The number of rotatable bonds is 13. The molecule has 0 bridgehead atoms. The van der Waals surface area contributed by atoms with Crippen LogP contribution in [0.4, 0.5) is 0 Å². The summed E-state index contributed by atoms with van der Waals surface area (Å²) < 4.78 is 5.17. The van der Waals surface area contributed by atoms with E-state index >= 15 is 0 Å².